The summed E-state index contributed by atoms with van der Waals surface area (Å²) < 4.78 is 26.3. The molecule has 0 saturated heterocycles. The van der Waals surface area contributed by atoms with Gasteiger partial charge in [0, 0.05) is 25.2 Å². The van der Waals surface area contributed by atoms with Gasteiger partial charge in [-0.05, 0) is 38.1 Å². The van der Waals surface area contributed by atoms with E-state index in [1.807, 2.05) is 11.8 Å². The maximum atomic E-state index is 11.8. The molecule has 0 aromatic rings. The average molecular weight is 391 g/mol. The number of likely N-dealkylation sites (N-methyl/N-ethyl adjacent to an activating group) is 1. The van der Waals surface area contributed by atoms with E-state index in [-0.39, 0.29) is 37.0 Å². The van der Waals surface area contributed by atoms with Gasteiger partial charge in [-0.25, -0.2) is 17.9 Å². The SMILES string of the molecule is CCN(CC(=O)O)C1CC(NC(=O)NCCS(=O)(=O)NCC2CCC2)C1. The van der Waals surface area contributed by atoms with E-state index in [0.29, 0.717) is 31.8 Å². The Labute approximate surface area is 154 Å². The summed E-state index contributed by atoms with van der Waals surface area (Å²) in [6.07, 6.45) is 4.73. The molecular formula is C16H30N4O5S. The lowest BCUT2D eigenvalue weighted by Gasteiger charge is -2.42. The number of aliphatic carboxylic acids is 1. The van der Waals surface area contributed by atoms with Gasteiger partial charge in [-0.15, -0.1) is 0 Å². The molecule has 0 atom stereocenters. The normalized spacial score (nSPS) is 23.2. The summed E-state index contributed by atoms with van der Waals surface area (Å²) in [5.74, 6) is -0.535. The van der Waals surface area contributed by atoms with Crippen LogP contribution in [0.2, 0.25) is 0 Å². The predicted molar refractivity (Wildman–Crippen MR) is 97.4 cm³/mol. The first-order valence-corrected chi connectivity index (χ1v) is 10.9. The number of hydrogen-bond acceptors (Lipinski definition) is 5. The van der Waals surface area contributed by atoms with Crippen LogP contribution in [0.1, 0.15) is 39.0 Å². The molecule has 26 heavy (non-hydrogen) atoms. The molecule has 9 nitrogen and oxygen atoms in total. The number of sulfonamides is 1. The molecule has 0 spiro atoms. The van der Waals surface area contributed by atoms with E-state index in [2.05, 4.69) is 15.4 Å². The van der Waals surface area contributed by atoms with Crippen molar-refractivity contribution in [2.24, 2.45) is 5.92 Å². The summed E-state index contributed by atoms with van der Waals surface area (Å²) in [5, 5.41) is 14.2. The highest BCUT2D eigenvalue weighted by Crippen LogP contribution is 2.26. The van der Waals surface area contributed by atoms with Crippen molar-refractivity contribution in [3.8, 4) is 0 Å². The van der Waals surface area contributed by atoms with E-state index in [9.17, 15) is 18.0 Å². The van der Waals surface area contributed by atoms with Gasteiger partial charge >= 0.3 is 12.0 Å². The van der Waals surface area contributed by atoms with Gasteiger partial charge in [-0.2, -0.15) is 0 Å². The Hall–Kier alpha value is -1.39. The molecule has 0 aromatic carbocycles. The van der Waals surface area contributed by atoms with Crippen LogP contribution in [-0.4, -0.2) is 74.4 Å². The van der Waals surface area contributed by atoms with E-state index in [1.165, 1.54) is 6.42 Å². The molecule has 150 valence electrons. The van der Waals surface area contributed by atoms with Crippen molar-refractivity contribution >= 4 is 22.0 Å². The number of carboxylic acids is 1. The number of urea groups is 1. The van der Waals surface area contributed by atoms with Crippen LogP contribution in [0.25, 0.3) is 0 Å². The van der Waals surface area contributed by atoms with Crippen molar-refractivity contribution in [2.45, 2.75) is 51.1 Å². The molecule has 4 N–H and O–H groups in total. The largest absolute Gasteiger partial charge is 0.480 e. The van der Waals surface area contributed by atoms with Gasteiger partial charge < -0.3 is 15.7 Å². The highest BCUT2D eigenvalue weighted by molar-refractivity contribution is 7.89. The Morgan fingerprint density at radius 3 is 2.46 bits per heavy atom. The third-order valence-electron chi connectivity index (χ3n) is 5.18. The lowest BCUT2D eigenvalue weighted by atomic mass is 9.85. The Kier molecular flexibility index (Phi) is 7.66. The maximum Gasteiger partial charge on any atom is 0.317 e. The summed E-state index contributed by atoms with van der Waals surface area (Å²) in [7, 11) is -3.36. The smallest absolute Gasteiger partial charge is 0.317 e. The third-order valence-corrected chi connectivity index (χ3v) is 6.53. The van der Waals surface area contributed by atoms with Crippen molar-refractivity contribution in [3.63, 3.8) is 0 Å². The van der Waals surface area contributed by atoms with Gasteiger partial charge in [0.2, 0.25) is 10.0 Å². The summed E-state index contributed by atoms with van der Waals surface area (Å²) >= 11 is 0. The second kappa shape index (κ2) is 9.52. The topological polar surface area (TPSA) is 128 Å². The molecule has 0 heterocycles. The fraction of sp³-hybridized carbons (Fsp3) is 0.875. The van der Waals surface area contributed by atoms with Gasteiger partial charge in [-0.1, -0.05) is 13.3 Å². The first kappa shape index (κ1) is 20.9. The number of hydrogen-bond donors (Lipinski definition) is 4. The first-order valence-electron chi connectivity index (χ1n) is 9.26. The van der Waals surface area contributed by atoms with Gasteiger partial charge in [0.15, 0.2) is 0 Å². The fourth-order valence-corrected chi connectivity index (χ4v) is 4.23. The summed E-state index contributed by atoms with van der Waals surface area (Å²) in [5.41, 5.74) is 0. The third kappa shape index (κ3) is 6.73. The van der Waals surface area contributed by atoms with Crippen LogP contribution in [0, 0.1) is 5.92 Å². The highest BCUT2D eigenvalue weighted by Gasteiger charge is 2.34. The number of rotatable bonds is 11. The minimum Gasteiger partial charge on any atom is -0.480 e. The van der Waals surface area contributed by atoms with Gasteiger partial charge in [-0.3, -0.25) is 9.69 Å². The van der Waals surface area contributed by atoms with E-state index >= 15 is 0 Å². The van der Waals surface area contributed by atoms with Crippen LogP contribution in [-0.2, 0) is 14.8 Å². The minimum absolute atomic E-state index is 0.00352. The molecule has 2 amide bonds. The zero-order valence-electron chi connectivity index (χ0n) is 15.2. The van der Waals surface area contributed by atoms with Gasteiger partial charge in [0.05, 0.1) is 12.3 Å². The highest BCUT2D eigenvalue weighted by atomic mass is 32.2. The molecule has 0 aliphatic heterocycles. The molecular weight excluding hydrogens is 360 g/mol. The molecule has 2 saturated carbocycles. The van der Waals surface area contributed by atoms with Crippen molar-refractivity contribution < 1.29 is 23.1 Å². The zero-order chi connectivity index (χ0) is 19.2. The summed E-state index contributed by atoms with van der Waals surface area (Å²) in [4.78, 5) is 24.5. The maximum absolute atomic E-state index is 11.8. The van der Waals surface area contributed by atoms with Crippen molar-refractivity contribution in [3.05, 3.63) is 0 Å². The Balaban J connectivity index is 1.57. The Bertz CT molecular complexity index is 587. The standard InChI is InChI=1S/C16H30N4O5S/c1-2-20(11-15(21)22)14-8-13(9-14)19-16(23)17-6-7-26(24,25)18-10-12-4-3-5-12/h12-14,18H,2-11H2,1H3,(H,21,22)(H2,17,19,23). The first-order chi connectivity index (χ1) is 12.3. The monoisotopic (exact) mass is 390 g/mol. The van der Waals surface area contributed by atoms with Crippen molar-refractivity contribution in [1.82, 2.24) is 20.3 Å². The van der Waals surface area contributed by atoms with Crippen LogP contribution in [0.3, 0.4) is 0 Å². The summed E-state index contributed by atoms with van der Waals surface area (Å²) in [6, 6.07) is -0.224. The van der Waals surface area contributed by atoms with Gasteiger partial charge in [0.1, 0.15) is 0 Å². The average Bonchev–Trinajstić information content (AvgIpc) is 2.46. The number of nitrogens with one attached hydrogen (secondary N) is 3. The number of carbonyl (C=O) groups is 2. The molecule has 0 radical (unpaired) electrons. The van der Waals surface area contributed by atoms with E-state index in [0.717, 1.165) is 12.8 Å². The number of nitrogens with zero attached hydrogens (tertiary/aromatic N) is 1. The van der Waals surface area contributed by atoms with Crippen LogP contribution in [0.15, 0.2) is 0 Å². The zero-order valence-corrected chi connectivity index (χ0v) is 16.1. The lowest BCUT2D eigenvalue weighted by molar-refractivity contribution is -0.139. The second-order valence-electron chi connectivity index (χ2n) is 7.14. The predicted octanol–water partition coefficient (Wildman–Crippen LogP) is -0.0574. The van der Waals surface area contributed by atoms with E-state index < -0.39 is 16.0 Å². The molecule has 0 unspecified atom stereocenters. The number of carboxylic acid groups (broad SMARTS) is 1. The molecule has 2 aliphatic carbocycles. The second-order valence-corrected chi connectivity index (χ2v) is 9.07. The molecule has 0 aromatic heterocycles. The summed E-state index contributed by atoms with van der Waals surface area (Å²) in [6.45, 7) is 3.12. The number of amides is 2. The number of carbonyl (C=O) groups excluding carboxylic acids is 1. The molecule has 2 rings (SSSR count). The fourth-order valence-electron chi connectivity index (χ4n) is 3.23. The quantitative estimate of drug-likeness (QED) is 0.391. The Morgan fingerprint density at radius 1 is 1.23 bits per heavy atom. The molecule has 2 fully saturated rings. The van der Waals surface area contributed by atoms with Gasteiger partial charge in [0.25, 0.3) is 0 Å². The van der Waals surface area contributed by atoms with Crippen LogP contribution < -0.4 is 15.4 Å². The van der Waals surface area contributed by atoms with Crippen LogP contribution in [0.4, 0.5) is 4.79 Å². The van der Waals surface area contributed by atoms with Crippen LogP contribution in [0.5, 0.6) is 0 Å². The Morgan fingerprint density at radius 2 is 1.92 bits per heavy atom. The van der Waals surface area contributed by atoms with E-state index in [4.69, 9.17) is 5.11 Å². The van der Waals surface area contributed by atoms with Crippen molar-refractivity contribution in [1.29, 1.82) is 0 Å². The molecule has 10 heteroatoms. The van der Waals surface area contributed by atoms with Crippen molar-refractivity contribution in [2.75, 3.05) is 31.9 Å². The lowest BCUT2D eigenvalue weighted by Crippen LogP contribution is -2.56. The van der Waals surface area contributed by atoms with Crippen LogP contribution >= 0.6 is 0 Å². The molecule has 2 aliphatic rings. The molecule has 0 bridgehead atoms. The van der Waals surface area contributed by atoms with E-state index in [1.54, 1.807) is 0 Å². The minimum atomic E-state index is -3.36.